The summed E-state index contributed by atoms with van der Waals surface area (Å²) < 4.78 is 0. The molecular formula is C11H22N2. The predicted molar refractivity (Wildman–Crippen MR) is 55.8 cm³/mol. The van der Waals surface area contributed by atoms with Gasteiger partial charge in [-0.2, -0.15) is 0 Å². The molecular weight excluding hydrogens is 160 g/mol. The van der Waals surface area contributed by atoms with Crippen LogP contribution in [0.5, 0.6) is 0 Å². The summed E-state index contributed by atoms with van der Waals surface area (Å²) in [5.41, 5.74) is 0.565. The van der Waals surface area contributed by atoms with E-state index in [1.807, 2.05) is 0 Å². The van der Waals surface area contributed by atoms with Crippen LogP contribution in [0, 0.1) is 11.3 Å². The second-order valence-corrected chi connectivity index (χ2v) is 5.53. The largest absolute Gasteiger partial charge is 0.316 e. The summed E-state index contributed by atoms with van der Waals surface area (Å²) in [6.45, 7) is 11.3. The molecule has 0 spiro atoms. The quantitative estimate of drug-likeness (QED) is 0.693. The number of nitrogens with one attached hydrogen (secondary N) is 1. The molecule has 2 heteroatoms. The average molecular weight is 182 g/mol. The lowest BCUT2D eigenvalue weighted by atomic mass is 9.83. The molecule has 13 heavy (non-hydrogen) atoms. The first-order valence-electron chi connectivity index (χ1n) is 5.59. The lowest BCUT2D eigenvalue weighted by Crippen LogP contribution is -2.51. The maximum absolute atomic E-state index is 3.34. The molecule has 0 saturated carbocycles. The van der Waals surface area contributed by atoms with Crippen molar-refractivity contribution in [2.45, 2.75) is 26.7 Å². The third-order valence-corrected chi connectivity index (χ3v) is 3.36. The van der Waals surface area contributed by atoms with E-state index in [1.54, 1.807) is 0 Å². The van der Waals surface area contributed by atoms with Crippen LogP contribution in [0.15, 0.2) is 0 Å². The average Bonchev–Trinajstić information content (AvgIpc) is 1.95. The highest BCUT2D eigenvalue weighted by Crippen LogP contribution is 2.28. The summed E-state index contributed by atoms with van der Waals surface area (Å²) in [7, 11) is 0. The summed E-state index contributed by atoms with van der Waals surface area (Å²) >= 11 is 0. The minimum Gasteiger partial charge on any atom is -0.316 e. The third kappa shape index (κ3) is 2.44. The summed E-state index contributed by atoms with van der Waals surface area (Å²) in [5.74, 6) is 0.939. The first kappa shape index (κ1) is 9.47. The number of nitrogens with zero attached hydrogens (tertiary/aromatic N) is 1. The van der Waals surface area contributed by atoms with Crippen molar-refractivity contribution in [3.05, 3.63) is 0 Å². The van der Waals surface area contributed by atoms with E-state index < -0.39 is 0 Å². The highest BCUT2D eigenvalue weighted by Gasteiger charge is 2.28. The fourth-order valence-corrected chi connectivity index (χ4v) is 2.54. The molecule has 2 rings (SSSR count). The standard InChI is InChI=1S/C11H22N2/c1-11(2)4-3-5-13(9-11)8-10-6-12-7-10/h10,12H,3-9H2,1-2H3. The van der Waals surface area contributed by atoms with Gasteiger partial charge in [-0.15, -0.1) is 0 Å². The lowest BCUT2D eigenvalue weighted by Gasteiger charge is -2.41. The fourth-order valence-electron chi connectivity index (χ4n) is 2.54. The Hall–Kier alpha value is -0.0800. The van der Waals surface area contributed by atoms with Crippen molar-refractivity contribution in [3.63, 3.8) is 0 Å². The molecule has 2 heterocycles. The zero-order valence-corrected chi connectivity index (χ0v) is 8.97. The van der Waals surface area contributed by atoms with E-state index in [0.29, 0.717) is 5.41 Å². The molecule has 2 aliphatic heterocycles. The van der Waals surface area contributed by atoms with Crippen molar-refractivity contribution in [2.75, 3.05) is 32.7 Å². The molecule has 76 valence electrons. The van der Waals surface area contributed by atoms with Crippen LogP contribution in [0.3, 0.4) is 0 Å². The summed E-state index contributed by atoms with van der Waals surface area (Å²) in [6.07, 6.45) is 2.81. The van der Waals surface area contributed by atoms with Crippen LogP contribution in [0.1, 0.15) is 26.7 Å². The molecule has 0 aromatic heterocycles. The van der Waals surface area contributed by atoms with Crippen molar-refractivity contribution in [3.8, 4) is 0 Å². The normalized spacial score (nSPS) is 30.0. The van der Waals surface area contributed by atoms with Crippen LogP contribution in [0.2, 0.25) is 0 Å². The predicted octanol–water partition coefficient (Wildman–Crippen LogP) is 1.33. The smallest absolute Gasteiger partial charge is 0.00342 e. The number of likely N-dealkylation sites (tertiary alicyclic amines) is 1. The highest BCUT2D eigenvalue weighted by molar-refractivity contribution is 4.84. The van der Waals surface area contributed by atoms with Gasteiger partial charge in [0.2, 0.25) is 0 Å². The van der Waals surface area contributed by atoms with Crippen molar-refractivity contribution in [1.29, 1.82) is 0 Å². The van der Waals surface area contributed by atoms with Crippen LogP contribution < -0.4 is 5.32 Å². The Morgan fingerprint density at radius 2 is 2.15 bits per heavy atom. The fraction of sp³-hybridized carbons (Fsp3) is 1.00. The van der Waals surface area contributed by atoms with Crippen LogP contribution >= 0.6 is 0 Å². The highest BCUT2D eigenvalue weighted by atomic mass is 15.2. The van der Waals surface area contributed by atoms with Gasteiger partial charge < -0.3 is 10.2 Å². The van der Waals surface area contributed by atoms with Gasteiger partial charge >= 0.3 is 0 Å². The number of piperidine rings is 1. The first-order valence-corrected chi connectivity index (χ1v) is 5.59. The van der Waals surface area contributed by atoms with Gasteiger partial charge in [0.05, 0.1) is 0 Å². The van der Waals surface area contributed by atoms with Gasteiger partial charge in [0.1, 0.15) is 0 Å². The summed E-state index contributed by atoms with van der Waals surface area (Å²) in [6, 6.07) is 0. The zero-order chi connectivity index (χ0) is 9.31. The van der Waals surface area contributed by atoms with Gasteiger partial charge in [0.15, 0.2) is 0 Å². The summed E-state index contributed by atoms with van der Waals surface area (Å²) in [5, 5.41) is 3.34. The van der Waals surface area contributed by atoms with E-state index in [4.69, 9.17) is 0 Å². The van der Waals surface area contributed by atoms with E-state index in [2.05, 4.69) is 24.1 Å². The van der Waals surface area contributed by atoms with E-state index >= 15 is 0 Å². The Bertz CT molecular complexity index is 173. The molecule has 0 amide bonds. The van der Waals surface area contributed by atoms with Gasteiger partial charge in [-0.05, 0) is 30.7 Å². The van der Waals surface area contributed by atoms with Crippen LogP contribution in [-0.2, 0) is 0 Å². The molecule has 0 atom stereocenters. The second-order valence-electron chi connectivity index (χ2n) is 5.53. The second kappa shape index (κ2) is 3.58. The molecule has 0 aliphatic carbocycles. The minimum atomic E-state index is 0.565. The lowest BCUT2D eigenvalue weighted by molar-refractivity contribution is 0.0909. The monoisotopic (exact) mass is 182 g/mol. The van der Waals surface area contributed by atoms with Crippen molar-refractivity contribution < 1.29 is 0 Å². The van der Waals surface area contributed by atoms with Gasteiger partial charge in [0, 0.05) is 26.2 Å². The SMILES string of the molecule is CC1(C)CCCN(CC2CNC2)C1. The Labute approximate surface area is 81.7 Å². The van der Waals surface area contributed by atoms with Crippen molar-refractivity contribution >= 4 is 0 Å². The molecule has 0 bridgehead atoms. The molecule has 0 aromatic rings. The Kier molecular flexibility index (Phi) is 2.61. The molecule has 2 fully saturated rings. The van der Waals surface area contributed by atoms with Crippen molar-refractivity contribution in [1.82, 2.24) is 10.2 Å². The number of hydrogen-bond acceptors (Lipinski definition) is 2. The minimum absolute atomic E-state index is 0.565. The molecule has 0 aromatic carbocycles. The van der Waals surface area contributed by atoms with Gasteiger partial charge in [-0.25, -0.2) is 0 Å². The van der Waals surface area contributed by atoms with Gasteiger partial charge in [-0.1, -0.05) is 13.8 Å². The molecule has 2 saturated heterocycles. The van der Waals surface area contributed by atoms with Crippen LogP contribution in [0.4, 0.5) is 0 Å². The van der Waals surface area contributed by atoms with E-state index in [1.165, 1.54) is 45.6 Å². The summed E-state index contributed by atoms with van der Waals surface area (Å²) in [4.78, 5) is 2.66. The molecule has 2 nitrogen and oxygen atoms in total. The Morgan fingerprint density at radius 1 is 1.38 bits per heavy atom. The van der Waals surface area contributed by atoms with Gasteiger partial charge in [0.25, 0.3) is 0 Å². The topological polar surface area (TPSA) is 15.3 Å². The van der Waals surface area contributed by atoms with Crippen LogP contribution in [-0.4, -0.2) is 37.6 Å². The Balaban J connectivity index is 1.78. The van der Waals surface area contributed by atoms with E-state index in [-0.39, 0.29) is 0 Å². The Morgan fingerprint density at radius 3 is 2.69 bits per heavy atom. The number of rotatable bonds is 2. The molecule has 2 aliphatic rings. The number of hydrogen-bond donors (Lipinski definition) is 1. The van der Waals surface area contributed by atoms with Crippen LogP contribution in [0.25, 0.3) is 0 Å². The first-order chi connectivity index (χ1) is 6.16. The third-order valence-electron chi connectivity index (χ3n) is 3.36. The molecule has 0 radical (unpaired) electrons. The van der Waals surface area contributed by atoms with E-state index in [9.17, 15) is 0 Å². The molecule has 1 N–H and O–H groups in total. The van der Waals surface area contributed by atoms with E-state index in [0.717, 1.165) is 5.92 Å². The van der Waals surface area contributed by atoms with Gasteiger partial charge in [-0.3, -0.25) is 0 Å². The maximum Gasteiger partial charge on any atom is 0.00342 e. The molecule has 0 unspecified atom stereocenters. The maximum atomic E-state index is 3.34. The zero-order valence-electron chi connectivity index (χ0n) is 8.97. The van der Waals surface area contributed by atoms with Crippen molar-refractivity contribution in [2.24, 2.45) is 11.3 Å².